The third-order valence-corrected chi connectivity index (χ3v) is 5.42. The number of nitro benzene ring substituents is 1. The number of nitrogens with zero attached hydrogens (tertiary/aromatic N) is 2. The van der Waals surface area contributed by atoms with Gasteiger partial charge in [-0.2, -0.15) is 0 Å². The summed E-state index contributed by atoms with van der Waals surface area (Å²) in [6.07, 6.45) is 0. The maximum Gasteiger partial charge on any atom is 0.282 e. The molecule has 3 aromatic rings. The van der Waals surface area contributed by atoms with Crippen molar-refractivity contribution < 1.29 is 19.2 Å². The molecule has 1 heterocycles. The van der Waals surface area contributed by atoms with Crippen LogP contribution in [0.4, 0.5) is 17.1 Å². The molecule has 0 unspecified atom stereocenters. The number of rotatable bonds is 6. The minimum absolute atomic E-state index is 0.0704. The van der Waals surface area contributed by atoms with E-state index in [2.05, 4.69) is 5.32 Å². The van der Waals surface area contributed by atoms with Crippen LogP contribution < -0.4 is 15.0 Å². The Morgan fingerprint density at radius 1 is 0.939 bits per heavy atom. The van der Waals surface area contributed by atoms with Crippen LogP contribution in [0.2, 0.25) is 0 Å². The van der Waals surface area contributed by atoms with Crippen molar-refractivity contribution in [3.8, 4) is 5.75 Å². The van der Waals surface area contributed by atoms with Crippen molar-refractivity contribution in [3.63, 3.8) is 0 Å². The summed E-state index contributed by atoms with van der Waals surface area (Å²) >= 11 is 0. The Morgan fingerprint density at radius 2 is 1.64 bits per heavy atom. The average molecular weight is 443 g/mol. The zero-order valence-corrected chi connectivity index (χ0v) is 18.3. The van der Waals surface area contributed by atoms with Crippen LogP contribution >= 0.6 is 0 Å². The van der Waals surface area contributed by atoms with E-state index in [9.17, 15) is 19.7 Å². The summed E-state index contributed by atoms with van der Waals surface area (Å²) in [5.41, 5.74) is 3.17. The maximum atomic E-state index is 13.6. The summed E-state index contributed by atoms with van der Waals surface area (Å²) in [4.78, 5) is 38.8. The number of para-hydroxylation sites is 1. The quantitative estimate of drug-likeness (QED) is 0.339. The first kappa shape index (κ1) is 21.8. The fourth-order valence-electron chi connectivity index (χ4n) is 3.75. The lowest BCUT2D eigenvalue weighted by Gasteiger charge is -2.18. The Hall–Kier alpha value is -4.46. The summed E-state index contributed by atoms with van der Waals surface area (Å²) in [6.45, 7) is 3.72. The van der Waals surface area contributed by atoms with Gasteiger partial charge in [0.15, 0.2) is 0 Å². The molecule has 0 atom stereocenters. The largest absolute Gasteiger partial charge is 0.495 e. The number of hydrogen-bond acceptors (Lipinski definition) is 6. The number of ether oxygens (including phenoxy) is 1. The van der Waals surface area contributed by atoms with E-state index in [1.54, 1.807) is 18.2 Å². The third-order valence-electron chi connectivity index (χ3n) is 5.42. The molecule has 33 heavy (non-hydrogen) atoms. The van der Waals surface area contributed by atoms with Gasteiger partial charge in [0.05, 0.1) is 29.0 Å². The van der Waals surface area contributed by atoms with Gasteiger partial charge in [-0.3, -0.25) is 19.7 Å². The molecule has 0 saturated carbocycles. The first-order chi connectivity index (χ1) is 15.8. The highest BCUT2D eigenvalue weighted by Crippen LogP contribution is 2.37. The van der Waals surface area contributed by atoms with E-state index in [0.717, 1.165) is 16.0 Å². The second kappa shape index (κ2) is 8.58. The summed E-state index contributed by atoms with van der Waals surface area (Å²) in [6, 6.07) is 18.1. The number of benzene rings is 3. The van der Waals surface area contributed by atoms with Crippen molar-refractivity contribution in [1.82, 2.24) is 0 Å². The van der Waals surface area contributed by atoms with Crippen LogP contribution in [-0.4, -0.2) is 23.8 Å². The van der Waals surface area contributed by atoms with Crippen LogP contribution in [-0.2, 0) is 9.59 Å². The lowest BCUT2D eigenvalue weighted by atomic mass is 10.0. The number of anilines is 2. The maximum absolute atomic E-state index is 13.6. The van der Waals surface area contributed by atoms with Gasteiger partial charge in [0, 0.05) is 12.1 Å². The normalized spacial score (nSPS) is 13.5. The second-order valence-electron chi connectivity index (χ2n) is 7.61. The molecule has 0 aromatic heterocycles. The lowest BCUT2D eigenvalue weighted by molar-refractivity contribution is -0.384. The summed E-state index contributed by atoms with van der Waals surface area (Å²) in [7, 11) is 1.52. The van der Waals surface area contributed by atoms with Gasteiger partial charge >= 0.3 is 0 Å². The molecule has 0 spiro atoms. The van der Waals surface area contributed by atoms with Gasteiger partial charge in [-0.15, -0.1) is 0 Å². The number of methoxy groups -OCH3 is 1. The van der Waals surface area contributed by atoms with Gasteiger partial charge in [0.1, 0.15) is 11.4 Å². The molecule has 1 N–H and O–H groups in total. The summed E-state index contributed by atoms with van der Waals surface area (Å²) in [5, 5.41) is 14.2. The molecule has 8 nitrogen and oxygen atoms in total. The van der Waals surface area contributed by atoms with E-state index in [1.165, 1.54) is 31.4 Å². The minimum atomic E-state index is -0.522. The Labute approximate surface area is 190 Å². The summed E-state index contributed by atoms with van der Waals surface area (Å²) < 4.78 is 5.42. The highest BCUT2D eigenvalue weighted by atomic mass is 16.6. The first-order valence-electron chi connectivity index (χ1n) is 10.2. The van der Waals surface area contributed by atoms with Crippen LogP contribution in [0.1, 0.15) is 16.7 Å². The van der Waals surface area contributed by atoms with Gasteiger partial charge in [0.25, 0.3) is 17.5 Å². The molecule has 1 aliphatic rings. The molecule has 2 amide bonds. The number of carbonyl (C=O) groups is 2. The number of amides is 2. The van der Waals surface area contributed by atoms with Crippen LogP contribution in [0.15, 0.2) is 72.4 Å². The number of carbonyl (C=O) groups excluding carboxylic acids is 2. The molecular weight excluding hydrogens is 422 g/mol. The molecule has 1 aliphatic heterocycles. The predicted molar refractivity (Wildman–Crippen MR) is 125 cm³/mol. The molecule has 0 saturated heterocycles. The molecule has 0 radical (unpaired) electrons. The smallest absolute Gasteiger partial charge is 0.282 e. The molecule has 3 aromatic carbocycles. The number of nitrogens with one attached hydrogen (secondary N) is 1. The minimum Gasteiger partial charge on any atom is -0.495 e. The standard InChI is InChI=1S/C25H21N3O5/c1-15-8-13-21(33-3)19(14-15)26-23-22(17-9-11-18(12-10-17)28(31)32)24(29)27(25(23)30)20-7-5-4-6-16(20)2/h4-14,26H,1-3H3. The van der Waals surface area contributed by atoms with Crippen molar-refractivity contribution in [2.75, 3.05) is 17.3 Å². The third kappa shape index (κ3) is 3.94. The van der Waals surface area contributed by atoms with E-state index in [4.69, 9.17) is 4.74 Å². The van der Waals surface area contributed by atoms with E-state index in [0.29, 0.717) is 22.7 Å². The molecule has 0 fully saturated rings. The van der Waals surface area contributed by atoms with Crippen LogP contribution in [0.3, 0.4) is 0 Å². The highest BCUT2D eigenvalue weighted by Gasteiger charge is 2.41. The second-order valence-corrected chi connectivity index (χ2v) is 7.61. The number of non-ortho nitro benzene ring substituents is 1. The average Bonchev–Trinajstić information content (AvgIpc) is 3.04. The highest BCUT2D eigenvalue weighted by molar-refractivity contribution is 6.46. The molecule has 4 rings (SSSR count). The van der Waals surface area contributed by atoms with E-state index >= 15 is 0 Å². The van der Waals surface area contributed by atoms with E-state index in [1.807, 2.05) is 38.1 Å². The Balaban J connectivity index is 1.87. The zero-order valence-electron chi connectivity index (χ0n) is 18.3. The van der Waals surface area contributed by atoms with Crippen molar-refractivity contribution in [3.05, 3.63) is 99.2 Å². The number of aryl methyl sites for hydroxylation is 2. The molecule has 0 aliphatic carbocycles. The summed E-state index contributed by atoms with van der Waals surface area (Å²) in [5.74, 6) is -0.533. The van der Waals surface area contributed by atoms with Gasteiger partial charge in [-0.05, 0) is 60.9 Å². The lowest BCUT2D eigenvalue weighted by Crippen LogP contribution is -2.33. The van der Waals surface area contributed by atoms with Crippen molar-refractivity contribution in [2.24, 2.45) is 0 Å². The molecule has 8 heteroatoms. The predicted octanol–water partition coefficient (Wildman–Crippen LogP) is 4.62. The van der Waals surface area contributed by atoms with E-state index in [-0.39, 0.29) is 17.0 Å². The number of imide groups is 1. The van der Waals surface area contributed by atoms with Gasteiger partial charge in [-0.1, -0.05) is 24.3 Å². The van der Waals surface area contributed by atoms with Crippen molar-refractivity contribution in [2.45, 2.75) is 13.8 Å². The Morgan fingerprint density at radius 3 is 2.27 bits per heavy atom. The van der Waals surface area contributed by atoms with Crippen LogP contribution in [0.5, 0.6) is 5.75 Å². The fourth-order valence-corrected chi connectivity index (χ4v) is 3.75. The molecule has 0 bridgehead atoms. The van der Waals surface area contributed by atoms with Crippen LogP contribution in [0, 0.1) is 24.0 Å². The zero-order chi connectivity index (χ0) is 23.7. The van der Waals surface area contributed by atoms with Crippen LogP contribution in [0.25, 0.3) is 5.57 Å². The SMILES string of the molecule is COc1ccc(C)cc1NC1=C(c2ccc([N+](=O)[O-])cc2)C(=O)N(c2ccccc2C)C1=O. The van der Waals surface area contributed by atoms with Crippen molar-refractivity contribution in [1.29, 1.82) is 0 Å². The Bertz CT molecular complexity index is 1310. The Kier molecular flexibility index (Phi) is 5.66. The topological polar surface area (TPSA) is 102 Å². The monoisotopic (exact) mass is 443 g/mol. The fraction of sp³-hybridized carbons (Fsp3) is 0.120. The molecular formula is C25H21N3O5. The molecule has 166 valence electrons. The van der Waals surface area contributed by atoms with Gasteiger partial charge in [0.2, 0.25) is 0 Å². The number of nitro groups is 1. The number of hydrogen-bond donors (Lipinski definition) is 1. The van der Waals surface area contributed by atoms with E-state index < -0.39 is 16.7 Å². The van der Waals surface area contributed by atoms with Gasteiger partial charge < -0.3 is 10.1 Å². The van der Waals surface area contributed by atoms with Gasteiger partial charge in [-0.25, -0.2) is 4.90 Å². The first-order valence-corrected chi connectivity index (χ1v) is 10.2. The van der Waals surface area contributed by atoms with Crippen molar-refractivity contribution >= 4 is 34.4 Å².